The van der Waals surface area contributed by atoms with Crippen LogP contribution >= 0.6 is 34.3 Å². The van der Waals surface area contributed by atoms with Crippen molar-refractivity contribution in [3.8, 4) is 10.8 Å². The molecule has 0 aliphatic rings. The first-order chi connectivity index (χ1) is 12.5. The van der Waals surface area contributed by atoms with E-state index in [4.69, 9.17) is 16.0 Å². The highest BCUT2D eigenvalue weighted by Gasteiger charge is 2.25. The molecule has 0 unspecified atom stereocenters. The van der Waals surface area contributed by atoms with Crippen molar-refractivity contribution in [1.82, 2.24) is 4.98 Å². The van der Waals surface area contributed by atoms with Crippen molar-refractivity contribution in [1.29, 1.82) is 0 Å². The molecule has 0 saturated heterocycles. The Morgan fingerprint density at radius 2 is 2.08 bits per heavy atom. The second kappa shape index (κ2) is 6.70. The van der Waals surface area contributed by atoms with Gasteiger partial charge in [0.1, 0.15) is 4.21 Å². The van der Waals surface area contributed by atoms with Gasteiger partial charge in [0.15, 0.2) is 16.4 Å². The van der Waals surface area contributed by atoms with E-state index < -0.39 is 10.0 Å². The summed E-state index contributed by atoms with van der Waals surface area (Å²) in [7, 11) is -2.11. The molecule has 4 aromatic rings. The minimum atomic E-state index is -3.63. The number of thiazole rings is 1. The summed E-state index contributed by atoms with van der Waals surface area (Å²) >= 11 is 8.44. The molecule has 134 valence electrons. The summed E-state index contributed by atoms with van der Waals surface area (Å²) in [6.07, 6.45) is 0. The first-order valence-electron chi connectivity index (χ1n) is 7.56. The third-order valence-electron chi connectivity index (χ3n) is 3.87. The number of benzene rings is 1. The number of furan rings is 1. The number of fused-ring (bicyclic) bond motifs is 1. The minimum Gasteiger partial charge on any atom is -0.451 e. The average Bonchev–Trinajstić information content (AvgIpc) is 3.39. The predicted octanol–water partition coefficient (Wildman–Crippen LogP) is 5.18. The van der Waals surface area contributed by atoms with E-state index in [0.29, 0.717) is 27.9 Å². The van der Waals surface area contributed by atoms with Gasteiger partial charge in [0.2, 0.25) is 0 Å². The monoisotopic (exact) mass is 424 g/mol. The lowest BCUT2D eigenvalue weighted by Gasteiger charge is -2.18. The number of aromatic nitrogens is 1. The molecule has 0 aliphatic heterocycles. The Bertz CT molecular complexity index is 1160. The maximum atomic E-state index is 12.8. The van der Waals surface area contributed by atoms with Crippen molar-refractivity contribution in [2.75, 3.05) is 11.4 Å². The van der Waals surface area contributed by atoms with E-state index in [1.54, 1.807) is 23.6 Å². The first kappa shape index (κ1) is 17.5. The van der Waals surface area contributed by atoms with Crippen molar-refractivity contribution in [3.63, 3.8) is 0 Å². The summed E-state index contributed by atoms with van der Waals surface area (Å²) in [5.41, 5.74) is 1.77. The van der Waals surface area contributed by atoms with Crippen molar-refractivity contribution in [2.24, 2.45) is 0 Å². The number of hydrogen-bond acceptors (Lipinski definition) is 6. The molecule has 3 aromatic heterocycles. The zero-order valence-corrected chi connectivity index (χ0v) is 16.8. The zero-order chi connectivity index (χ0) is 18.3. The Labute approximate surface area is 163 Å². The van der Waals surface area contributed by atoms with E-state index in [1.165, 1.54) is 34.0 Å². The van der Waals surface area contributed by atoms with Gasteiger partial charge < -0.3 is 4.42 Å². The lowest BCUT2D eigenvalue weighted by atomic mass is 10.2. The smallest absolute Gasteiger partial charge is 0.273 e. The van der Waals surface area contributed by atoms with Crippen LogP contribution in [0.4, 0.5) is 5.69 Å². The Balaban J connectivity index is 1.81. The maximum Gasteiger partial charge on any atom is 0.273 e. The van der Waals surface area contributed by atoms with Crippen LogP contribution in [0.5, 0.6) is 0 Å². The van der Waals surface area contributed by atoms with E-state index in [0.717, 1.165) is 11.1 Å². The molecular formula is C17H13ClN2O3S3. The Hall–Kier alpha value is -1.87. The summed E-state index contributed by atoms with van der Waals surface area (Å²) in [5.74, 6) is 0.930. The lowest BCUT2D eigenvalue weighted by molar-refractivity contribution is 0.595. The number of rotatable bonds is 5. The highest BCUT2D eigenvalue weighted by atomic mass is 35.5. The van der Waals surface area contributed by atoms with Crippen molar-refractivity contribution in [3.05, 3.63) is 52.9 Å². The third-order valence-corrected chi connectivity index (χ3v) is 8.20. The van der Waals surface area contributed by atoms with Crippen LogP contribution in [0.2, 0.25) is 0 Å². The van der Waals surface area contributed by atoms with Crippen LogP contribution in [-0.4, -0.2) is 20.4 Å². The molecule has 0 spiro atoms. The quantitative estimate of drug-likeness (QED) is 0.414. The van der Waals surface area contributed by atoms with Gasteiger partial charge in [-0.05, 0) is 23.6 Å². The predicted molar refractivity (Wildman–Crippen MR) is 107 cm³/mol. The molecule has 5 nitrogen and oxygen atoms in total. The molecule has 26 heavy (non-hydrogen) atoms. The normalized spacial score (nSPS) is 11.9. The van der Waals surface area contributed by atoms with E-state index in [-0.39, 0.29) is 4.21 Å². The van der Waals surface area contributed by atoms with Gasteiger partial charge in [0.05, 0.1) is 17.3 Å². The van der Waals surface area contributed by atoms with Crippen molar-refractivity contribution >= 4 is 61.0 Å². The van der Waals surface area contributed by atoms with Crippen LogP contribution in [-0.2, 0) is 15.9 Å². The van der Waals surface area contributed by atoms with Crippen molar-refractivity contribution < 1.29 is 12.8 Å². The summed E-state index contributed by atoms with van der Waals surface area (Å²) in [5, 5.41) is 5.15. The second-order valence-electron chi connectivity index (χ2n) is 5.49. The Morgan fingerprint density at radius 3 is 2.77 bits per heavy atom. The second-order valence-corrected chi connectivity index (χ2v) is 9.76. The van der Waals surface area contributed by atoms with Gasteiger partial charge in [0.25, 0.3) is 10.0 Å². The highest BCUT2D eigenvalue weighted by molar-refractivity contribution is 7.94. The summed E-state index contributed by atoms with van der Waals surface area (Å²) in [4.78, 5) is 4.42. The number of nitrogens with zero attached hydrogens (tertiary/aromatic N) is 2. The molecule has 4 rings (SSSR count). The third kappa shape index (κ3) is 2.92. The first-order valence-corrected chi connectivity index (χ1v) is 11.3. The maximum absolute atomic E-state index is 12.8. The minimum absolute atomic E-state index is 0.287. The van der Waals surface area contributed by atoms with Gasteiger partial charge in [-0.2, -0.15) is 0 Å². The fourth-order valence-corrected chi connectivity index (χ4v) is 5.92. The summed E-state index contributed by atoms with van der Waals surface area (Å²) in [6.45, 7) is 0. The van der Waals surface area contributed by atoms with Crippen LogP contribution in [0.15, 0.2) is 55.8 Å². The number of sulfonamides is 1. The van der Waals surface area contributed by atoms with Gasteiger partial charge in [-0.25, -0.2) is 13.4 Å². The van der Waals surface area contributed by atoms with Gasteiger partial charge in [-0.15, -0.1) is 34.3 Å². The summed E-state index contributed by atoms with van der Waals surface area (Å²) < 4.78 is 33.2. The van der Waals surface area contributed by atoms with Gasteiger partial charge >= 0.3 is 0 Å². The number of anilines is 1. The number of halogens is 1. The Morgan fingerprint density at radius 1 is 1.23 bits per heavy atom. The fourth-order valence-electron chi connectivity index (χ4n) is 2.56. The number of thiophene rings is 1. The fraction of sp³-hybridized carbons (Fsp3) is 0.118. The number of alkyl halides is 1. The van der Waals surface area contributed by atoms with Gasteiger partial charge in [-0.3, -0.25) is 4.31 Å². The Kier molecular flexibility index (Phi) is 4.52. The van der Waals surface area contributed by atoms with Crippen LogP contribution < -0.4 is 4.31 Å². The highest BCUT2D eigenvalue weighted by Crippen LogP contribution is 2.36. The number of para-hydroxylation sites is 1. The van der Waals surface area contributed by atoms with Crippen LogP contribution in [0.25, 0.3) is 21.7 Å². The molecule has 0 radical (unpaired) electrons. The van der Waals surface area contributed by atoms with Crippen LogP contribution in [0.3, 0.4) is 0 Å². The van der Waals surface area contributed by atoms with E-state index in [2.05, 4.69) is 4.98 Å². The van der Waals surface area contributed by atoms with Crippen molar-refractivity contribution in [2.45, 2.75) is 10.1 Å². The lowest BCUT2D eigenvalue weighted by Crippen LogP contribution is -2.25. The van der Waals surface area contributed by atoms with E-state index >= 15 is 0 Å². The topological polar surface area (TPSA) is 63.4 Å². The molecule has 0 amide bonds. The SMILES string of the molecule is CN(c1cccc2cc(-c3nc(CCl)cs3)oc12)S(=O)(=O)c1cccs1. The van der Waals surface area contributed by atoms with E-state index in [9.17, 15) is 8.42 Å². The number of hydrogen-bond donors (Lipinski definition) is 0. The summed E-state index contributed by atoms with van der Waals surface area (Å²) in [6, 6.07) is 10.6. The van der Waals surface area contributed by atoms with E-state index in [1.807, 2.05) is 23.6 Å². The largest absolute Gasteiger partial charge is 0.451 e. The standard InChI is InChI=1S/C17H13ClN2O3S3/c1-20(26(21,22)15-6-3-7-24-15)13-5-2-4-11-8-14(23-16(11)13)17-19-12(9-18)10-25-17/h2-8,10H,9H2,1H3. The molecule has 1 aromatic carbocycles. The molecule has 0 aliphatic carbocycles. The molecule has 0 fully saturated rings. The molecule has 9 heteroatoms. The van der Waals surface area contributed by atoms with Crippen LogP contribution in [0, 0.1) is 0 Å². The van der Waals surface area contributed by atoms with Crippen LogP contribution in [0.1, 0.15) is 5.69 Å². The molecule has 0 saturated carbocycles. The molecule has 0 bridgehead atoms. The molecule has 3 heterocycles. The molecular weight excluding hydrogens is 412 g/mol. The van der Waals surface area contributed by atoms with Gasteiger partial charge in [-0.1, -0.05) is 18.2 Å². The average molecular weight is 425 g/mol. The molecule has 0 atom stereocenters. The zero-order valence-electron chi connectivity index (χ0n) is 13.5. The van der Waals surface area contributed by atoms with Gasteiger partial charge in [0, 0.05) is 17.8 Å². The molecule has 0 N–H and O–H groups in total.